The van der Waals surface area contributed by atoms with Crippen LogP contribution in [-0.4, -0.2) is 46.2 Å². The topological polar surface area (TPSA) is 127 Å². The lowest BCUT2D eigenvalue weighted by atomic mass is 9.86. The fourth-order valence-electron chi connectivity index (χ4n) is 4.51. The van der Waals surface area contributed by atoms with Crippen LogP contribution in [0, 0.1) is 11.2 Å². The highest BCUT2D eigenvalue weighted by Gasteiger charge is 2.19. The molecule has 8 nitrogen and oxygen atoms in total. The number of H-pyrrole nitrogens is 1. The molecule has 0 saturated heterocycles. The summed E-state index contributed by atoms with van der Waals surface area (Å²) in [6.45, 7) is 7.11. The Morgan fingerprint density at radius 3 is 2.64 bits per heavy atom. The van der Waals surface area contributed by atoms with Crippen molar-refractivity contribution in [3.63, 3.8) is 0 Å². The Labute approximate surface area is 249 Å². The Bertz CT molecular complexity index is 1610. The van der Waals surface area contributed by atoms with Crippen molar-refractivity contribution in [1.29, 1.82) is 0 Å². The maximum atomic E-state index is 15.1. The van der Waals surface area contributed by atoms with Crippen molar-refractivity contribution in [3.8, 4) is 16.9 Å². The first kappa shape index (κ1) is 31.3. The summed E-state index contributed by atoms with van der Waals surface area (Å²) in [6, 6.07) is 12.9. The third kappa shape index (κ3) is 7.81. The number of halogens is 3. The quantitative estimate of drug-likeness (QED) is 0.123. The Kier molecular flexibility index (Phi) is 10.1. The zero-order valence-corrected chi connectivity index (χ0v) is 24.9. The van der Waals surface area contributed by atoms with Crippen molar-refractivity contribution in [1.82, 2.24) is 19.9 Å². The van der Waals surface area contributed by atoms with E-state index in [1.807, 2.05) is 31.2 Å². The first-order chi connectivity index (χ1) is 20.0. The minimum absolute atomic E-state index is 0.0144. The number of nitrogens with zero attached hydrogens (tertiary/aromatic N) is 3. The molecule has 0 amide bonds. The fraction of sp³-hybridized carbons (Fsp3) is 0.387. The summed E-state index contributed by atoms with van der Waals surface area (Å²) in [7, 11) is 0. The minimum atomic E-state index is -0.735. The van der Waals surface area contributed by atoms with Gasteiger partial charge in [0, 0.05) is 36.3 Å². The first-order valence-corrected chi connectivity index (χ1v) is 14.4. The maximum absolute atomic E-state index is 15.1. The average Bonchev–Trinajstić information content (AvgIpc) is 3.39. The molecule has 42 heavy (non-hydrogen) atoms. The van der Waals surface area contributed by atoms with Gasteiger partial charge in [-0.15, -0.1) is 0 Å². The second-order valence-electron chi connectivity index (χ2n) is 11.4. The molecule has 2 aromatic heterocycles. The molecule has 0 spiro atoms. The Morgan fingerprint density at radius 2 is 1.95 bits per heavy atom. The molecule has 1 atom stereocenters. The lowest BCUT2D eigenvalue weighted by Crippen LogP contribution is -2.26. The summed E-state index contributed by atoms with van der Waals surface area (Å²) in [5, 5.41) is 4.10. The Balaban J connectivity index is 1.51. The van der Waals surface area contributed by atoms with Gasteiger partial charge in [-0.05, 0) is 79.6 Å². The SMILES string of the molecule is CC(CCN=C(N)CF)NCc1ccc(-n2cc3cc(-c4cc(CCC(C)(C)CN)cc(Cl)c4F)[nH]c3nc2=O)cc1. The monoisotopic (exact) mass is 597 g/mol. The first-order valence-electron chi connectivity index (χ1n) is 14.0. The van der Waals surface area contributed by atoms with Crippen LogP contribution in [0.15, 0.2) is 58.4 Å². The third-order valence-corrected chi connectivity index (χ3v) is 7.69. The summed E-state index contributed by atoms with van der Waals surface area (Å²) in [6.07, 6.45) is 3.95. The highest BCUT2D eigenvalue weighted by atomic mass is 35.5. The van der Waals surface area contributed by atoms with E-state index >= 15 is 4.39 Å². The van der Waals surface area contributed by atoms with Gasteiger partial charge in [0.15, 0.2) is 5.82 Å². The molecule has 0 saturated carbocycles. The van der Waals surface area contributed by atoms with E-state index in [0.29, 0.717) is 54.0 Å². The lowest BCUT2D eigenvalue weighted by molar-refractivity contribution is 0.348. The van der Waals surface area contributed by atoms with Gasteiger partial charge >= 0.3 is 5.69 Å². The number of benzene rings is 2. The number of hydrogen-bond acceptors (Lipinski definition) is 5. The summed E-state index contributed by atoms with van der Waals surface area (Å²) in [4.78, 5) is 24.2. The van der Waals surface area contributed by atoms with Gasteiger partial charge < -0.3 is 21.8 Å². The predicted octanol–water partition coefficient (Wildman–Crippen LogP) is 5.29. The molecule has 0 bridgehead atoms. The summed E-state index contributed by atoms with van der Waals surface area (Å²) < 4.78 is 29.0. The van der Waals surface area contributed by atoms with Gasteiger partial charge in [-0.1, -0.05) is 37.6 Å². The van der Waals surface area contributed by atoms with E-state index in [-0.39, 0.29) is 22.3 Å². The maximum Gasteiger partial charge on any atom is 0.354 e. The molecule has 2 aromatic carbocycles. The molecule has 0 radical (unpaired) electrons. The Morgan fingerprint density at radius 1 is 1.21 bits per heavy atom. The standard InChI is InChI=1S/C31H38ClF2N7O/c1-19(9-11-37-27(36)15-33)38-16-20-4-6-23(7-5-20)41-17-22-14-26(39-29(22)40-30(41)42)24-12-21(13-25(32)28(24)34)8-10-31(2,3)18-35/h4-7,12-14,17,19,38H,8-11,15-16,18,35H2,1-3H3,(H2,36,37)(H,39,40,42). The number of aliphatic imine (C=N–C) groups is 1. The molecule has 1 unspecified atom stereocenters. The molecule has 2 heterocycles. The zero-order chi connectivity index (χ0) is 30.4. The van der Waals surface area contributed by atoms with E-state index in [0.717, 1.165) is 24.0 Å². The largest absolute Gasteiger partial charge is 0.385 e. The average molecular weight is 598 g/mol. The number of aromatic amines is 1. The van der Waals surface area contributed by atoms with Gasteiger partial charge in [0.05, 0.1) is 16.4 Å². The van der Waals surface area contributed by atoms with Crippen LogP contribution in [0.2, 0.25) is 5.02 Å². The van der Waals surface area contributed by atoms with E-state index in [2.05, 4.69) is 34.1 Å². The molecular weight excluding hydrogens is 560 g/mol. The minimum Gasteiger partial charge on any atom is -0.385 e. The molecule has 4 aromatic rings. The van der Waals surface area contributed by atoms with Crippen LogP contribution in [0.3, 0.4) is 0 Å². The second-order valence-corrected chi connectivity index (χ2v) is 11.8. The number of nitrogens with one attached hydrogen (secondary N) is 2. The number of aryl methyl sites for hydroxylation is 1. The molecule has 6 N–H and O–H groups in total. The molecule has 0 aliphatic rings. The number of aromatic nitrogens is 3. The summed E-state index contributed by atoms with van der Waals surface area (Å²) in [5.74, 6) is -0.518. The smallest absolute Gasteiger partial charge is 0.354 e. The Hall–Kier alpha value is -3.60. The fourth-order valence-corrected chi connectivity index (χ4v) is 4.75. The number of amidine groups is 1. The number of alkyl halides is 1. The number of rotatable bonds is 13. The van der Waals surface area contributed by atoms with E-state index in [1.165, 1.54) is 4.57 Å². The molecule has 4 rings (SSSR count). The second kappa shape index (κ2) is 13.6. The normalized spacial score (nSPS) is 13.2. The van der Waals surface area contributed by atoms with Crippen molar-refractivity contribution in [2.45, 2.75) is 52.6 Å². The van der Waals surface area contributed by atoms with Gasteiger partial charge in [0.1, 0.15) is 18.2 Å². The van der Waals surface area contributed by atoms with Crippen LogP contribution >= 0.6 is 11.6 Å². The van der Waals surface area contributed by atoms with Crippen molar-refractivity contribution >= 4 is 28.5 Å². The highest BCUT2D eigenvalue weighted by Crippen LogP contribution is 2.32. The molecule has 0 aliphatic heterocycles. The van der Waals surface area contributed by atoms with E-state index in [9.17, 15) is 9.18 Å². The molecule has 0 aliphatic carbocycles. The van der Waals surface area contributed by atoms with Crippen LogP contribution in [0.5, 0.6) is 0 Å². The number of nitrogens with two attached hydrogens (primary N) is 2. The van der Waals surface area contributed by atoms with Crippen molar-refractivity contribution in [2.24, 2.45) is 21.9 Å². The highest BCUT2D eigenvalue weighted by molar-refractivity contribution is 6.31. The molecular formula is C31H38ClF2N7O. The van der Waals surface area contributed by atoms with Crippen LogP contribution in [0.4, 0.5) is 8.78 Å². The van der Waals surface area contributed by atoms with Gasteiger partial charge in [-0.3, -0.25) is 9.56 Å². The lowest BCUT2D eigenvalue weighted by Gasteiger charge is -2.22. The zero-order valence-electron chi connectivity index (χ0n) is 24.2. The molecule has 0 fully saturated rings. The van der Waals surface area contributed by atoms with Gasteiger partial charge in [0.2, 0.25) is 0 Å². The van der Waals surface area contributed by atoms with Crippen molar-refractivity contribution in [2.75, 3.05) is 19.8 Å². The predicted molar refractivity (Wildman–Crippen MR) is 167 cm³/mol. The summed E-state index contributed by atoms with van der Waals surface area (Å²) in [5.41, 5.74) is 14.5. The van der Waals surface area contributed by atoms with Gasteiger partial charge in [-0.2, -0.15) is 4.98 Å². The van der Waals surface area contributed by atoms with Gasteiger partial charge in [0.25, 0.3) is 0 Å². The van der Waals surface area contributed by atoms with Crippen LogP contribution < -0.4 is 22.5 Å². The van der Waals surface area contributed by atoms with Crippen LogP contribution in [-0.2, 0) is 13.0 Å². The van der Waals surface area contributed by atoms with Crippen molar-refractivity contribution < 1.29 is 8.78 Å². The third-order valence-electron chi connectivity index (χ3n) is 7.41. The molecule has 224 valence electrons. The van der Waals surface area contributed by atoms with Gasteiger partial charge in [-0.25, -0.2) is 13.6 Å². The number of hydrogen-bond donors (Lipinski definition) is 4. The van der Waals surface area contributed by atoms with Crippen LogP contribution in [0.1, 0.15) is 44.7 Å². The molecule has 11 heteroatoms. The van der Waals surface area contributed by atoms with Crippen molar-refractivity contribution in [3.05, 3.63) is 81.1 Å². The summed E-state index contributed by atoms with van der Waals surface area (Å²) >= 11 is 6.26. The van der Waals surface area contributed by atoms with E-state index < -0.39 is 18.2 Å². The van der Waals surface area contributed by atoms with E-state index in [4.69, 9.17) is 23.1 Å². The number of fused-ring (bicyclic) bond motifs is 1. The van der Waals surface area contributed by atoms with E-state index in [1.54, 1.807) is 24.4 Å². The van der Waals surface area contributed by atoms with Crippen LogP contribution in [0.25, 0.3) is 28.0 Å².